The summed E-state index contributed by atoms with van der Waals surface area (Å²) in [5.74, 6) is 0. The molecule has 2 rings (SSSR count). The fourth-order valence-corrected chi connectivity index (χ4v) is 3.13. The molecule has 1 aliphatic rings. The number of hydrogen-bond acceptors (Lipinski definition) is 4. The number of hydrogen-bond donors (Lipinski definition) is 1. The van der Waals surface area contributed by atoms with Crippen LogP contribution in [0.15, 0.2) is 0 Å². The van der Waals surface area contributed by atoms with Crippen molar-refractivity contribution in [1.29, 1.82) is 0 Å². The molecule has 0 radical (unpaired) electrons. The molecule has 2 unspecified atom stereocenters. The van der Waals surface area contributed by atoms with E-state index in [0.29, 0.717) is 6.54 Å². The Kier molecular flexibility index (Phi) is 3.07. The average Bonchev–Trinajstić information content (AvgIpc) is 2.62. The first-order valence-electron chi connectivity index (χ1n) is 5.79. The number of aromatic nitrogens is 1. The lowest BCUT2D eigenvalue weighted by atomic mass is 9.95. The molecule has 1 aromatic rings. The summed E-state index contributed by atoms with van der Waals surface area (Å²) in [6.45, 7) is 9.13. The van der Waals surface area contributed by atoms with Gasteiger partial charge in [0.05, 0.1) is 22.8 Å². The Hall–Kier alpha value is -0.450. The largest absolute Gasteiger partial charge is 0.370 e. The molecule has 3 nitrogen and oxygen atoms in total. The van der Waals surface area contributed by atoms with Crippen molar-refractivity contribution in [3.63, 3.8) is 0 Å². The average molecular weight is 240 g/mol. The first-order chi connectivity index (χ1) is 7.44. The van der Waals surface area contributed by atoms with Crippen molar-refractivity contribution in [2.75, 3.05) is 6.54 Å². The van der Waals surface area contributed by atoms with Crippen LogP contribution >= 0.6 is 11.3 Å². The Morgan fingerprint density at radius 1 is 1.50 bits per heavy atom. The number of thiazole rings is 1. The highest BCUT2D eigenvalue weighted by molar-refractivity contribution is 7.12. The lowest BCUT2D eigenvalue weighted by Crippen LogP contribution is -2.28. The van der Waals surface area contributed by atoms with E-state index in [4.69, 9.17) is 15.5 Å². The molecule has 1 aliphatic heterocycles. The normalized spacial score (nSPS) is 25.6. The van der Waals surface area contributed by atoms with Gasteiger partial charge < -0.3 is 10.5 Å². The van der Waals surface area contributed by atoms with E-state index in [0.717, 1.165) is 11.4 Å². The minimum absolute atomic E-state index is 0.0229. The second kappa shape index (κ2) is 4.09. The van der Waals surface area contributed by atoms with E-state index < -0.39 is 0 Å². The van der Waals surface area contributed by atoms with Crippen LogP contribution in [0.5, 0.6) is 0 Å². The van der Waals surface area contributed by atoms with E-state index in [2.05, 4.69) is 27.7 Å². The van der Waals surface area contributed by atoms with Crippen molar-refractivity contribution in [3.8, 4) is 0 Å². The fourth-order valence-electron chi connectivity index (χ4n) is 1.93. The number of nitrogens with two attached hydrogens (primary N) is 1. The van der Waals surface area contributed by atoms with Gasteiger partial charge in [0.2, 0.25) is 0 Å². The van der Waals surface area contributed by atoms with Crippen molar-refractivity contribution in [2.24, 2.45) is 5.73 Å². The minimum atomic E-state index is -0.0229. The van der Waals surface area contributed by atoms with Crippen LogP contribution in [-0.4, -0.2) is 17.6 Å². The van der Waals surface area contributed by atoms with Crippen LogP contribution in [0.25, 0.3) is 0 Å². The summed E-state index contributed by atoms with van der Waals surface area (Å²) >= 11 is 1.76. The first-order valence-corrected chi connectivity index (χ1v) is 6.61. The van der Waals surface area contributed by atoms with E-state index in [-0.39, 0.29) is 17.6 Å². The highest BCUT2D eigenvalue weighted by atomic mass is 32.1. The molecular formula is C12H20N2OS. The first kappa shape index (κ1) is 12.0. The van der Waals surface area contributed by atoms with Gasteiger partial charge >= 0.3 is 0 Å². The van der Waals surface area contributed by atoms with Gasteiger partial charge in [-0.15, -0.1) is 11.3 Å². The number of fused-ring (bicyclic) bond motifs is 1. The Bertz CT molecular complexity index is 386. The van der Waals surface area contributed by atoms with Crippen LogP contribution in [0.4, 0.5) is 0 Å². The molecule has 16 heavy (non-hydrogen) atoms. The molecule has 0 bridgehead atoms. The van der Waals surface area contributed by atoms with Crippen molar-refractivity contribution >= 4 is 11.3 Å². The lowest BCUT2D eigenvalue weighted by Gasteiger charge is -2.23. The lowest BCUT2D eigenvalue weighted by molar-refractivity contribution is -0.00319. The second-order valence-corrected chi connectivity index (χ2v) is 6.24. The predicted octanol–water partition coefficient (Wildman–Crippen LogP) is 2.40. The summed E-state index contributed by atoms with van der Waals surface area (Å²) in [4.78, 5) is 6.04. The number of rotatable bonds is 2. The minimum Gasteiger partial charge on any atom is -0.370 e. The summed E-state index contributed by atoms with van der Waals surface area (Å²) in [5, 5.41) is 1.14. The van der Waals surface area contributed by atoms with E-state index in [1.165, 1.54) is 10.6 Å². The predicted molar refractivity (Wildman–Crippen MR) is 66.9 cm³/mol. The second-order valence-electron chi connectivity index (χ2n) is 5.21. The van der Waals surface area contributed by atoms with Gasteiger partial charge in [0.25, 0.3) is 0 Å². The highest BCUT2D eigenvalue weighted by Crippen LogP contribution is 2.37. The molecule has 0 saturated heterocycles. The quantitative estimate of drug-likeness (QED) is 0.863. The molecule has 2 heterocycles. The monoisotopic (exact) mass is 240 g/mol. The van der Waals surface area contributed by atoms with Gasteiger partial charge in [-0.25, -0.2) is 4.98 Å². The number of nitrogens with zero attached hydrogens (tertiary/aromatic N) is 1. The summed E-state index contributed by atoms with van der Waals surface area (Å²) in [6, 6.07) is 0. The maximum Gasteiger partial charge on any atom is 0.100 e. The van der Waals surface area contributed by atoms with Gasteiger partial charge in [-0.1, -0.05) is 13.8 Å². The third-order valence-corrected chi connectivity index (χ3v) is 4.73. The van der Waals surface area contributed by atoms with Gasteiger partial charge in [-0.2, -0.15) is 0 Å². The van der Waals surface area contributed by atoms with Gasteiger partial charge in [-0.05, 0) is 13.8 Å². The molecule has 0 aromatic carbocycles. The molecule has 0 spiro atoms. The molecule has 0 fully saturated rings. The molecule has 4 heteroatoms. The van der Waals surface area contributed by atoms with Crippen LogP contribution in [-0.2, 0) is 16.6 Å². The van der Waals surface area contributed by atoms with E-state index in [9.17, 15) is 0 Å². The maximum absolute atomic E-state index is 5.81. The van der Waals surface area contributed by atoms with Crippen LogP contribution in [0.3, 0.4) is 0 Å². The molecular weight excluding hydrogens is 220 g/mol. The van der Waals surface area contributed by atoms with Crippen molar-refractivity contribution < 1.29 is 4.74 Å². The molecule has 0 saturated carbocycles. The summed E-state index contributed by atoms with van der Waals surface area (Å²) < 4.78 is 5.81. The summed E-state index contributed by atoms with van der Waals surface area (Å²) in [5.41, 5.74) is 6.99. The zero-order valence-electron chi connectivity index (χ0n) is 10.4. The molecule has 90 valence electrons. The standard InChI is InChI=1S/C12H20N2OS/c1-7-5-9-10(8(2)15-7)16-11(14-9)12(3,4)6-13/h7-8H,5-6,13H2,1-4H3. The van der Waals surface area contributed by atoms with Crippen molar-refractivity contribution in [3.05, 3.63) is 15.6 Å². The zero-order chi connectivity index (χ0) is 11.9. The molecule has 2 N–H and O–H groups in total. The fraction of sp³-hybridized carbons (Fsp3) is 0.750. The van der Waals surface area contributed by atoms with Crippen LogP contribution in [0, 0.1) is 0 Å². The Labute approximate surface area is 101 Å². The van der Waals surface area contributed by atoms with E-state index >= 15 is 0 Å². The van der Waals surface area contributed by atoms with Crippen LogP contribution in [0.2, 0.25) is 0 Å². The third kappa shape index (κ3) is 2.01. The van der Waals surface area contributed by atoms with E-state index in [1.807, 2.05) is 0 Å². The van der Waals surface area contributed by atoms with Crippen LogP contribution < -0.4 is 5.73 Å². The Balaban J connectivity index is 2.37. The smallest absolute Gasteiger partial charge is 0.100 e. The van der Waals surface area contributed by atoms with Gasteiger partial charge in [0.1, 0.15) is 5.01 Å². The van der Waals surface area contributed by atoms with E-state index in [1.54, 1.807) is 11.3 Å². The Morgan fingerprint density at radius 2 is 2.19 bits per heavy atom. The Morgan fingerprint density at radius 3 is 2.81 bits per heavy atom. The van der Waals surface area contributed by atoms with Gasteiger partial charge in [-0.3, -0.25) is 0 Å². The zero-order valence-corrected chi connectivity index (χ0v) is 11.2. The molecule has 0 amide bonds. The van der Waals surface area contributed by atoms with Crippen molar-refractivity contribution in [1.82, 2.24) is 4.98 Å². The molecule has 1 aromatic heterocycles. The topological polar surface area (TPSA) is 48.1 Å². The summed E-state index contributed by atoms with van der Waals surface area (Å²) in [6.07, 6.45) is 1.38. The highest BCUT2D eigenvalue weighted by Gasteiger charge is 2.30. The molecule has 0 aliphatic carbocycles. The number of ether oxygens (including phenoxy) is 1. The SMILES string of the molecule is CC1Cc2nc(C(C)(C)CN)sc2C(C)O1. The summed E-state index contributed by atoms with van der Waals surface area (Å²) in [7, 11) is 0. The maximum atomic E-state index is 5.81. The van der Waals surface area contributed by atoms with Crippen molar-refractivity contribution in [2.45, 2.75) is 51.7 Å². The van der Waals surface area contributed by atoms with Crippen LogP contribution in [0.1, 0.15) is 49.4 Å². The molecule has 2 atom stereocenters. The van der Waals surface area contributed by atoms with Gasteiger partial charge in [0.15, 0.2) is 0 Å². The van der Waals surface area contributed by atoms with Gasteiger partial charge in [0, 0.05) is 18.4 Å². The third-order valence-electron chi connectivity index (χ3n) is 3.10.